The Kier molecular flexibility index (Phi) is 2.37. The first kappa shape index (κ1) is 6.43. The summed E-state index contributed by atoms with van der Waals surface area (Å²) in [4.78, 5) is 9.81. The van der Waals surface area contributed by atoms with Gasteiger partial charge in [0.2, 0.25) is 0 Å². The molecule has 0 fully saturated rings. The Labute approximate surface area is 42.1 Å². The van der Waals surface area contributed by atoms with Gasteiger partial charge in [-0.1, -0.05) is 6.92 Å². The summed E-state index contributed by atoms with van der Waals surface area (Å²) in [5, 5.41) is 8.06. The first-order chi connectivity index (χ1) is 3.18. The Morgan fingerprint density at radius 2 is 2.43 bits per heavy atom. The molecule has 0 spiro atoms. The predicted octanol–water partition coefficient (Wildman–Crippen LogP) is -0.192. The van der Waals surface area contributed by atoms with Crippen LogP contribution >= 0.6 is 0 Å². The minimum atomic E-state index is -0.928. The summed E-state index contributed by atoms with van der Waals surface area (Å²) in [5.74, 6) is -0.928. The standard InChI is InChI=1S/C4H9NO2/c1-2-3(5)4(6)7/h3H,2,5H2,1H3,(H,6,7)/i1+1,2+1. The topological polar surface area (TPSA) is 63.3 Å². The van der Waals surface area contributed by atoms with E-state index in [4.69, 9.17) is 10.8 Å². The molecule has 1 atom stereocenters. The zero-order valence-electron chi connectivity index (χ0n) is 4.22. The van der Waals surface area contributed by atoms with Crippen molar-refractivity contribution < 1.29 is 9.90 Å². The number of hydrogen-bond donors (Lipinski definition) is 2. The summed E-state index contributed by atoms with van der Waals surface area (Å²) in [5.41, 5.74) is 5.02. The highest BCUT2D eigenvalue weighted by Crippen LogP contribution is 1.82. The lowest BCUT2D eigenvalue weighted by atomic mass is 10.5. The largest absolute Gasteiger partial charge is 0.480 e. The zero-order chi connectivity index (χ0) is 5.86. The fourth-order valence-electron chi connectivity index (χ4n) is 0.175. The molecule has 0 amide bonds. The van der Waals surface area contributed by atoms with Gasteiger partial charge in [-0.3, -0.25) is 4.79 Å². The third-order valence-electron chi connectivity index (χ3n) is 0.757. The van der Waals surface area contributed by atoms with Gasteiger partial charge in [0.1, 0.15) is 6.04 Å². The van der Waals surface area contributed by atoms with Crippen molar-refractivity contribution in [3.05, 3.63) is 0 Å². The lowest BCUT2D eigenvalue weighted by Gasteiger charge is -1.97. The molecule has 0 saturated heterocycles. The third-order valence-corrected chi connectivity index (χ3v) is 0.757. The van der Waals surface area contributed by atoms with Crippen molar-refractivity contribution in [1.82, 2.24) is 0 Å². The molecule has 0 heterocycles. The Bertz CT molecular complexity index is 72.1. The highest BCUT2D eigenvalue weighted by atomic mass is 16.4. The van der Waals surface area contributed by atoms with Crippen molar-refractivity contribution in [2.45, 2.75) is 19.4 Å². The molecule has 3 nitrogen and oxygen atoms in total. The van der Waals surface area contributed by atoms with Crippen LogP contribution in [0.25, 0.3) is 0 Å². The van der Waals surface area contributed by atoms with Crippen LogP contribution < -0.4 is 5.73 Å². The average Bonchev–Trinajstić information content (AvgIpc) is 1.65. The second-order valence-electron chi connectivity index (χ2n) is 1.35. The van der Waals surface area contributed by atoms with Gasteiger partial charge in [0.15, 0.2) is 0 Å². The van der Waals surface area contributed by atoms with Gasteiger partial charge in [0.25, 0.3) is 0 Å². The second kappa shape index (κ2) is 2.58. The van der Waals surface area contributed by atoms with E-state index in [1.165, 1.54) is 0 Å². The first-order valence-corrected chi connectivity index (χ1v) is 2.17. The van der Waals surface area contributed by atoms with Crippen LogP contribution in [0.2, 0.25) is 0 Å². The molecule has 0 saturated carbocycles. The number of nitrogens with two attached hydrogens (primary N) is 1. The van der Waals surface area contributed by atoms with E-state index in [0.29, 0.717) is 6.42 Å². The van der Waals surface area contributed by atoms with E-state index < -0.39 is 12.0 Å². The monoisotopic (exact) mass is 105 g/mol. The maximum Gasteiger partial charge on any atom is 0.320 e. The summed E-state index contributed by atoms with van der Waals surface area (Å²) >= 11 is 0. The van der Waals surface area contributed by atoms with Gasteiger partial charge in [-0.05, 0) is 6.42 Å². The molecule has 0 aromatic rings. The molecule has 1 unspecified atom stereocenters. The molecule has 0 bridgehead atoms. The van der Waals surface area contributed by atoms with Crippen LogP contribution in [0.4, 0.5) is 0 Å². The van der Waals surface area contributed by atoms with E-state index in [2.05, 4.69) is 0 Å². The second-order valence-corrected chi connectivity index (χ2v) is 1.35. The molecular formula is C4H9NO2. The maximum absolute atomic E-state index is 9.81. The number of rotatable bonds is 2. The third kappa shape index (κ3) is 2.17. The van der Waals surface area contributed by atoms with Crippen molar-refractivity contribution in [3.63, 3.8) is 0 Å². The minimum Gasteiger partial charge on any atom is -0.480 e. The molecule has 3 N–H and O–H groups in total. The Morgan fingerprint density at radius 1 is 2.00 bits per heavy atom. The number of carboxylic acids is 1. The number of hydrogen-bond acceptors (Lipinski definition) is 2. The minimum absolute atomic E-state index is 0.495. The first-order valence-electron chi connectivity index (χ1n) is 2.17. The highest BCUT2D eigenvalue weighted by molar-refractivity contribution is 5.72. The van der Waals surface area contributed by atoms with Crippen molar-refractivity contribution >= 4 is 5.97 Å². The van der Waals surface area contributed by atoms with Gasteiger partial charge in [0.05, 0.1) is 0 Å². The number of carboxylic acid groups (broad SMARTS) is 1. The summed E-state index contributed by atoms with van der Waals surface area (Å²) in [6.07, 6.45) is 0.495. The van der Waals surface area contributed by atoms with Crippen LogP contribution in [-0.2, 0) is 4.79 Å². The molecule has 0 aliphatic carbocycles. The molecule has 0 aliphatic heterocycles. The lowest BCUT2D eigenvalue weighted by Crippen LogP contribution is -2.28. The molecule has 0 aliphatic rings. The summed E-state index contributed by atoms with van der Waals surface area (Å²) in [7, 11) is 0. The summed E-state index contributed by atoms with van der Waals surface area (Å²) < 4.78 is 0. The van der Waals surface area contributed by atoms with Crippen molar-refractivity contribution in [2.24, 2.45) is 5.73 Å². The van der Waals surface area contributed by atoms with Crippen LogP contribution in [0.5, 0.6) is 0 Å². The Balaban J connectivity index is 3.34. The van der Waals surface area contributed by atoms with Gasteiger partial charge < -0.3 is 10.8 Å². The van der Waals surface area contributed by atoms with Crippen LogP contribution in [0.15, 0.2) is 0 Å². The molecule has 0 radical (unpaired) electrons. The molecule has 7 heavy (non-hydrogen) atoms. The van der Waals surface area contributed by atoms with Gasteiger partial charge >= 0.3 is 5.97 Å². The van der Waals surface area contributed by atoms with Crippen LogP contribution in [-0.4, -0.2) is 17.1 Å². The Morgan fingerprint density at radius 3 is 2.43 bits per heavy atom. The van der Waals surface area contributed by atoms with Gasteiger partial charge in [-0.25, -0.2) is 0 Å². The molecule has 0 aromatic heterocycles. The predicted molar refractivity (Wildman–Crippen MR) is 25.9 cm³/mol. The fraction of sp³-hybridized carbons (Fsp3) is 0.750. The highest BCUT2D eigenvalue weighted by Gasteiger charge is 2.05. The van der Waals surface area contributed by atoms with Crippen molar-refractivity contribution in [3.8, 4) is 0 Å². The molecule has 42 valence electrons. The van der Waals surface area contributed by atoms with Gasteiger partial charge in [-0.2, -0.15) is 0 Å². The summed E-state index contributed by atoms with van der Waals surface area (Å²) in [6, 6.07) is -0.681. The van der Waals surface area contributed by atoms with Crippen LogP contribution in [0.3, 0.4) is 0 Å². The number of carbonyl (C=O) groups is 1. The van der Waals surface area contributed by atoms with Gasteiger partial charge in [0, 0.05) is 0 Å². The molecule has 0 aromatic carbocycles. The van der Waals surface area contributed by atoms with E-state index in [1.54, 1.807) is 6.92 Å². The van der Waals surface area contributed by atoms with E-state index >= 15 is 0 Å². The molecule has 3 heteroatoms. The van der Waals surface area contributed by atoms with Crippen molar-refractivity contribution in [1.29, 1.82) is 0 Å². The maximum atomic E-state index is 9.81. The van der Waals surface area contributed by atoms with Crippen LogP contribution in [0.1, 0.15) is 13.3 Å². The SMILES string of the molecule is [13CH3][13CH2]C(N)C(=O)O. The zero-order valence-corrected chi connectivity index (χ0v) is 4.22. The van der Waals surface area contributed by atoms with E-state index in [0.717, 1.165) is 0 Å². The van der Waals surface area contributed by atoms with Crippen LogP contribution in [0, 0.1) is 0 Å². The molecule has 0 rings (SSSR count). The smallest absolute Gasteiger partial charge is 0.320 e. The van der Waals surface area contributed by atoms with E-state index in [-0.39, 0.29) is 0 Å². The average molecular weight is 105 g/mol. The molecular weight excluding hydrogens is 96.0 g/mol. The quantitative estimate of drug-likeness (QED) is 0.478. The van der Waals surface area contributed by atoms with E-state index in [9.17, 15) is 4.79 Å². The van der Waals surface area contributed by atoms with Crippen molar-refractivity contribution in [2.75, 3.05) is 0 Å². The normalized spacial score (nSPS) is 13.4. The lowest BCUT2D eigenvalue weighted by molar-refractivity contribution is -0.138. The fourth-order valence-corrected chi connectivity index (χ4v) is 0.175. The Hall–Kier alpha value is -0.570. The van der Waals surface area contributed by atoms with Gasteiger partial charge in [-0.15, -0.1) is 0 Å². The van der Waals surface area contributed by atoms with E-state index in [1.807, 2.05) is 0 Å². The number of aliphatic carboxylic acids is 1. The summed E-state index contributed by atoms with van der Waals surface area (Å²) in [6.45, 7) is 1.73.